The lowest BCUT2D eigenvalue weighted by atomic mass is 10.1. The zero-order valence-corrected chi connectivity index (χ0v) is 21.7. The van der Waals surface area contributed by atoms with Crippen LogP contribution in [-0.2, 0) is 0 Å². The van der Waals surface area contributed by atoms with E-state index in [1.807, 2.05) is 95.9 Å². The fraction of sp³-hybridized carbons (Fsp3) is 0.167. The number of piperazine rings is 1. The van der Waals surface area contributed by atoms with E-state index in [-0.39, 0.29) is 5.91 Å². The van der Waals surface area contributed by atoms with Gasteiger partial charge in [0, 0.05) is 54.1 Å². The average Bonchev–Trinajstić information content (AvgIpc) is 3.41. The molecule has 190 valence electrons. The number of aromatic nitrogens is 3. The van der Waals surface area contributed by atoms with Crippen LogP contribution in [-0.4, -0.2) is 58.7 Å². The van der Waals surface area contributed by atoms with Crippen molar-refractivity contribution in [2.75, 3.05) is 38.2 Å². The molecule has 0 aliphatic carbocycles. The molecular formula is C30H26ClN5O2. The van der Waals surface area contributed by atoms with E-state index in [0.29, 0.717) is 35.1 Å². The molecule has 1 amide bonds. The molecule has 1 aliphatic heterocycles. The highest BCUT2D eigenvalue weighted by molar-refractivity contribution is 6.30. The van der Waals surface area contributed by atoms with Crippen LogP contribution in [0.1, 0.15) is 10.5 Å². The van der Waals surface area contributed by atoms with Gasteiger partial charge in [0.2, 0.25) is 0 Å². The normalized spacial score (nSPS) is 13.6. The quantitative estimate of drug-likeness (QED) is 0.296. The minimum atomic E-state index is -0.0741. The number of ether oxygens (including phenoxy) is 1. The first kappa shape index (κ1) is 24.0. The highest BCUT2D eigenvalue weighted by atomic mass is 35.5. The van der Waals surface area contributed by atoms with Crippen molar-refractivity contribution >= 4 is 28.8 Å². The van der Waals surface area contributed by atoms with Crippen molar-refractivity contribution in [1.29, 1.82) is 0 Å². The minimum Gasteiger partial charge on any atom is -0.497 e. The molecule has 38 heavy (non-hydrogen) atoms. The number of carbonyl (C=O) groups is 1. The number of anilines is 1. The van der Waals surface area contributed by atoms with Crippen LogP contribution in [0.4, 0.5) is 5.69 Å². The summed E-state index contributed by atoms with van der Waals surface area (Å²) in [6, 6.07) is 29.2. The summed E-state index contributed by atoms with van der Waals surface area (Å²) in [6.45, 7) is 2.63. The molecule has 1 fully saturated rings. The average molecular weight is 524 g/mol. The molecule has 0 spiro atoms. The largest absolute Gasteiger partial charge is 0.497 e. The van der Waals surface area contributed by atoms with Gasteiger partial charge in [-0.25, -0.2) is 9.50 Å². The van der Waals surface area contributed by atoms with Crippen LogP contribution in [0.15, 0.2) is 91.0 Å². The summed E-state index contributed by atoms with van der Waals surface area (Å²) in [6.07, 6.45) is 0. The minimum absolute atomic E-state index is 0.0741. The second-order valence-corrected chi connectivity index (χ2v) is 9.62. The number of benzene rings is 3. The monoisotopic (exact) mass is 523 g/mol. The van der Waals surface area contributed by atoms with Gasteiger partial charge in [0.25, 0.3) is 5.91 Å². The van der Waals surface area contributed by atoms with E-state index in [0.717, 1.165) is 41.3 Å². The molecule has 2 aromatic heterocycles. The third-order valence-corrected chi connectivity index (χ3v) is 7.06. The van der Waals surface area contributed by atoms with Crippen molar-refractivity contribution in [3.8, 4) is 28.3 Å². The Labute approximate surface area is 225 Å². The molecule has 0 atom stereocenters. The van der Waals surface area contributed by atoms with Gasteiger partial charge in [-0.1, -0.05) is 60.1 Å². The third kappa shape index (κ3) is 4.68. The van der Waals surface area contributed by atoms with Crippen molar-refractivity contribution in [1.82, 2.24) is 19.5 Å². The summed E-state index contributed by atoms with van der Waals surface area (Å²) < 4.78 is 7.08. The second kappa shape index (κ2) is 10.2. The first-order chi connectivity index (χ1) is 18.6. The molecular weight excluding hydrogens is 498 g/mol. The first-order valence-corrected chi connectivity index (χ1v) is 12.9. The molecule has 0 unspecified atom stereocenters. The van der Waals surface area contributed by atoms with Gasteiger partial charge in [0.15, 0.2) is 5.65 Å². The summed E-state index contributed by atoms with van der Waals surface area (Å²) in [5.74, 6) is 0.655. The van der Waals surface area contributed by atoms with E-state index in [1.54, 1.807) is 11.6 Å². The molecule has 0 bridgehead atoms. The molecule has 3 aromatic carbocycles. The van der Waals surface area contributed by atoms with E-state index in [9.17, 15) is 4.79 Å². The maximum Gasteiger partial charge on any atom is 0.272 e. The fourth-order valence-corrected chi connectivity index (χ4v) is 4.99. The van der Waals surface area contributed by atoms with E-state index in [4.69, 9.17) is 26.4 Å². The Hall–Kier alpha value is -4.36. The van der Waals surface area contributed by atoms with Gasteiger partial charge in [-0.3, -0.25) is 4.79 Å². The van der Waals surface area contributed by atoms with E-state index < -0.39 is 0 Å². The standard InChI is InChI=1S/C30H26ClN5O2/c1-38-25-12-5-9-22(17-25)26-19-28(36-29(32-26)20-27(33-36)21-7-3-2-4-8-21)30(37)35-15-13-34(14-16-35)24-11-6-10-23(31)18-24/h2-12,17-20H,13-16H2,1H3. The molecule has 8 heteroatoms. The maximum absolute atomic E-state index is 13.9. The van der Waals surface area contributed by atoms with E-state index in [2.05, 4.69) is 4.90 Å². The van der Waals surface area contributed by atoms with Crippen LogP contribution < -0.4 is 9.64 Å². The Morgan fingerprint density at radius 1 is 0.816 bits per heavy atom. The van der Waals surface area contributed by atoms with E-state index in [1.165, 1.54) is 0 Å². The van der Waals surface area contributed by atoms with Gasteiger partial charge in [0.05, 0.1) is 18.5 Å². The number of hydrogen-bond acceptors (Lipinski definition) is 5. The van der Waals surface area contributed by atoms with Crippen LogP contribution in [0, 0.1) is 0 Å². The van der Waals surface area contributed by atoms with Crippen LogP contribution >= 0.6 is 11.6 Å². The van der Waals surface area contributed by atoms with Crippen LogP contribution in [0.25, 0.3) is 28.2 Å². The number of hydrogen-bond donors (Lipinski definition) is 0. The van der Waals surface area contributed by atoms with E-state index >= 15 is 0 Å². The number of methoxy groups -OCH3 is 1. The van der Waals surface area contributed by atoms with Crippen molar-refractivity contribution in [3.63, 3.8) is 0 Å². The Morgan fingerprint density at radius 3 is 2.34 bits per heavy atom. The lowest BCUT2D eigenvalue weighted by Crippen LogP contribution is -2.49. The number of nitrogens with zero attached hydrogens (tertiary/aromatic N) is 5. The van der Waals surface area contributed by atoms with Gasteiger partial charge in [-0.2, -0.15) is 5.10 Å². The van der Waals surface area contributed by atoms with Gasteiger partial charge >= 0.3 is 0 Å². The predicted octanol–water partition coefficient (Wildman–Crippen LogP) is 5.69. The van der Waals surface area contributed by atoms with Gasteiger partial charge in [0.1, 0.15) is 11.4 Å². The Morgan fingerprint density at radius 2 is 1.58 bits per heavy atom. The molecule has 1 aliphatic rings. The molecule has 0 saturated carbocycles. The predicted molar refractivity (Wildman–Crippen MR) is 150 cm³/mol. The highest BCUT2D eigenvalue weighted by Gasteiger charge is 2.26. The maximum atomic E-state index is 13.9. The first-order valence-electron chi connectivity index (χ1n) is 12.5. The van der Waals surface area contributed by atoms with Crippen LogP contribution in [0.5, 0.6) is 5.75 Å². The summed E-state index contributed by atoms with van der Waals surface area (Å²) in [4.78, 5) is 22.9. The Kier molecular flexibility index (Phi) is 6.43. The topological polar surface area (TPSA) is 63.0 Å². The van der Waals surface area contributed by atoms with Gasteiger partial charge < -0.3 is 14.5 Å². The summed E-state index contributed by atoms with van der Waals surface area (Å²) >= 11 is 6.19. The van der Waals surface area contributed by atoms with Crippen molar-refractivity contribution in [3.05, 3.63) is 102 Å². The van der Waals surface area contributed by atoms with Gasteiger partial charge in [-0.05, 0) is 36.4 Å². The number of amides is 1. The molecule has 7 nitrogen and oxygen atoms in total. The van der Waals surface area contributed by atoms with Crippen LogP contribution in [0.3, 0.4) is 0 Å². The van der Waals surface area contributed by atoms with Crippen molar-refractivity contribution < 1.29 is 9.53 Å². The molecule has 0 radical (unpaired) electrons. The molecule has 3 heterocycles. The zero-order valence-electron chi connectivity index (χ0n) is 20.9. The molecule has 1 saturated heterocycles. The lowest BCUT2D eigenvalue weighted by molar-refractivity contribution is 0.0738. The fourth-order valence-electron chi connectivity index (χ4n) is 4.81. The summed E-state index contributed by atoms with van der Waals surface area (Å²) in [7, 11) is 1.64. The molecule has 6 rings (SSSR count). The summed E-state index contributed by atoms with van der Waals surface area (Å²) in [5.41, 5.74) is 5.45. The summed E-state index contributed by atoms with van der Waals surface area (Å²) in [5, 5.41) is 5.50. The number of halogens is 1. The highest BCUT2D eigenvalue weighted by Crippen LogP contribution is 2.27. The number of carbonyl (C=O) groups excluding carboxylic acids is 1. The van der Waals surface area contributed by atoms with Crippen molar-refractivity contribution in [2.45, 2.75) is 0 Å². The lowest BCUT2D eigenvalue weighted by Gasteiger charge is -2.36. The van der Waals surface area contributed by atoms with Crippen molar-refractivity contribution in [2.24, 2.45) is 0 Å². The zero-order chi connectivity index (χ0) is 26.1. The smallest absolute Gasteiger partial charge is 0.272 e. The number of fused-ring (bicyclic) bond motifs is 1. The number of rotatable bonds is 5. The third-order valence-electron chi connectivity index (χ3n) is 6.82. The Balaban J connectivity index is 1.36. The Bertz CT molecular complexity index is 1610. The molecule has 5 aromatic rings. The van der Waals surface area contributed by atoms with Gasteiger partial charge in [-0.15, -0.1) is 0 Å². The SMILES string of the molecule is COc1cccc(-c2cc(C(=O)N3CCN(c4cccc(Cl)c4)CC3)n3nc(-c4ccccc4)cc3n2)c1. The van der Waals surface area contributed by atoms with Crippen LogP contribution in [0.2, 0.25) is 5.02 Å². The second-order valence-electron chi connectivity index (χ2n) is 9.18. The molecule has 0 N–H and O–H groups in total.